The number of aryl methyl sites for hydroxylation is 2. The van der Waals surface area contributed by atoms with Crippen LogP contribution in [0, 0.1) is 12.8 Å². The standard InChI is InChI=1S/C16H21ClN2/c1-3-19-12-16(11-18-19)9-15(10-17)8-14-6-4-5-13(2)7-14/h4-7,11-12,15H,3,8-10H2,1-2H3. The normalized spacial score (nSPS) is 12.6. The predicted molar refractivity (Wildman–Crippen MR) is 80.7 cm³/mol. The third kappa shape index (κ3) is 4.10. The molecule has 0 amide bonds. The molecule has 0 aliphatic rings. The molecule has 0 saturated carbocycles. The fourth-order valence-corrected chi connectivity index (χ4v) is 2.59. The van der Waals surface area contributed by atoms with E-state index in [4.69, 9.17) is 11.6 Å². The van der Waals surface area contributed by atoms with E-state index >= 15 is 0 Å². The first-order chi connectivity index (χ1) is 9.21. The average molecular weight is 277 g/mol. The molecule has 0 bridgehead atoms. The van der Waals surface area contributed by atoms with Crippen LogP contribution >= 0.6 is 11.6 Å². The second kappa shape index (κ2) is 6.76. The molecule has 2 aromatic rings. The molecule has 2 nitrogen and oxygen atoms in total. The van der Waals surface area contributed by atoms with Crippen LogP contribution < -0.4 is 0 Å². The molecule has 0 aliphatic heterocycles. The number of rotatable bonds is 6. The number of hydrogen-bond acceptors (Lipinski definition) is 1. The maximum atomic E-state index is 6.12. The zero-order chi connectivity index (χ0) is 13.7. The number of alkyl halides is 1. The summed E-state index contributed by atoms with van der Waals surface area (Å²) in [7, 11) is 0. The molecule has 1 aromatic carbocycles. The van der Waals surface area contributed by atoms with Gasteiger partial charge in [0.15, 0.2) is 0 Å². The van der Waals surface area contributed by atoms with E-state index in [2.05, 4.69) is 49.4 Å². The Bertz CT molecular complexity index is 519. The highest BCUT2D eigenvalue weighted by molar-refractivity contribution is 6.18. The monoisotopic (exact) mass is 276 g/mol. The summed E-state index contributed by atoms with van der Waals surface area (Å²) in [5, 5.41) is 4.32. The minimum absolute atomic E-state index is 0.470. The van der Waals surface area contributed by atoms with Gasteiger partial charge in [0.05, 0.1) is 6.20 Å². The Morgan fingerprint density at radius 2 is 2.05 bits per heavy atom. The van der Waals surface area contributed by atoms with Crippen LogP contribution in [-0.4, -0.2) is 15.7 Å². The molecule has 0 saturated heterocycles. The molecule has 3 heteroatoms. The van der Waals surface area contributed by atoms with E-state index < -0.39 is 0 Å². The largest absolute Gasteiger partial charge is 0.273 e. The maximum Gasteiger partial charge on any atom is 0.0521 e. The highest BCUT2D eigenvalue weighted by Crippen LogP contribution is 2.17. The third-order valence-corrected chi connectivity index (χ3v) is 3.80. The van der Waals surface area contributed by atoms with E-state index in [1.54, 1.807) is 0 Å². The molecular weight excluding hydrogens is 256 g/mol. The molecule has 1 aromatic heterocycles. The molecule has 0 spiro atoms. The Balaban J connectivity index is 2.00. The topological polar surface area (TPSA) is 17.8 Å². The minimum atomic E-state index is 0.470. The van der Waals surface area contributed by atoms with Gasteiger partial charge in [-0.15, -0.1) is 11.6 Å². The highest BCUT2D eigenvalue weighted by Gasteiger charge is 2.11. The van der Waals surface area contributed by atoms with Gasteiger partial charge in [-0.05, 0) is 43.7 Å². The van der Waals surface area contributed by atoms with E-state index in [0.29, 0.717) is 11.8 Å². The summed E-state index contributed by atoms with van der Waals surface area (Å²) in [4.78, 5) is 0. The van der Waals surface area contributed by atoms with Gasteiger partial charge in [-0.1, -0.05) is 29.8 Å². The van der Waals surface area contributed by atoms with Gasteiger partial charge in [-0.3, -0.25) is 4.68 Å². The van der Waals surface area contributed by atoms with Gasteiger partial charge in [0, 0.05) is 18.6 Å². The molecule has 19 heavy (non-hydrogen) atoms. The van der Waals surface area contributed by atoms with Gasteiger partial charge in [0.1, 0.15) is 0 Å². The van der Waals surface area contributed by atoms with E-state index in [1.807, 2.05) is 10.9 Å². The van der Waals surface area contributed by atoms with Crippen molar-refractivity contribution >= 4 is 11.6 Å². The first kappa shape index (κ1) is 14.1. The van der Waals surface area contributed by atoms with E-state index in [9.17, 15) is 0 Å². The summed E-state index contributed by atoms with van der Waals surface area (Å²) < 4.78 is 1.97. The average Bonchev–Trinajstić information content (AvgIpc) is 2.85. The quantitative estimate of drug-likeness (QED) is 0.733. The van der Waals surface area contributed by atoms with Gasteiger partial charge in [-0.25, -0.2) is 0 Å². The van der Waals surface area contributed by atoms with Crippen molar-refractivity contribution in [1.29, 1.82) is 0 Å². The van der Waals surface area contributed by atoms with Crippen molar-refractivity contribution in [2.75, 3.05) is 5.88 Å². The molecule has 0 radical (unpaired) electrons. The predicted octanol–water partition coefficient (Wildman–Crippen LogP) is 3.85. The summed E-state index contributed by atoms with van der Waals surface area (Å²) >= 11 is 6.12. The van der Waals surface area contributed by atoms with Crippen LogP contribution in [0.4, 0.5) is 0 Å². The summed E-state index contributed by atoms with van der Waals surface area (Å²) in [6, 6.07) is 8.67. The van der Waals surface area contributed by atoms with Crippen LogP contribution in [0.25, 0.3) is 0 Å². The van der Waals surface area contributed by atoms with Crippen molar-refractivity contribution in [3.8, 4) is 0 Å². The lowest BCUT2D eigenvalue weighted by atomic mass is 9.95. The van der Waals surface area contributed by atoms with Crippen LogP contribution in [0.15, 0.2) is 36.7 Å². The van der Waals surface area contributed by atoms with E-state index in [-0.39, 0.29) is 0 Å². The van der Waals surface area contributed by atoms with Crippen molar-refractivity contribution in [3.05, 3.63) is 53.3 Å². The third-order valence-electron chi connectivity index (χ3n) is 3.36. The number of aromatic nitrogens is 2. The van der Waals surface area contributed by atoms with Gasteiger partial charge in [0.25, 0.3) is 0 Å². The molecule has 2 rings (SSSR count). The molecule has 102 valence electrons. The number of nitrogens with zero attached hydrogens (tertiary/aromatic N) is 2. The SMILES string of the molecule is CCn1cc(CC(CCl)Cc2cccc(C)c2)cn1. The Morgan fingerprint density at radius 1 is 1.26 bits per heavy atom. The zero-order valence-corrected chi connectivity index (χ0v) is 12.4. The fraction of sp³-hybridized carbons (Fsp3) is 0.438. The van der Waals surface area contributed by atoms with E-state index in [0.717, 1.165) is 19.4 Å². The summed E-state index contributed by atoms with van der Waals surface area (Å²) in [5.74, 6) is 1.16. The lowest BCUT2D eigenvalue weighted by molar-refractivity contribution is 0.582. The number of halogens is 1. The van der Waals surface area contributed by atoms with Gasteiger partial charge in [0.2, 0.25) is 0 Å². The second-order valence-corrected chi connectivity index (χ2v) is 5.43. The lowest BCUT2D eigenvalue weighted by Crippen LogP contribution is -2.10. The van der Waals surface area contributed by atoms with Crippen molar-refractivity contribution in [3.63, 3.8) is 0 Å². The molecular formula is C16H21ClN2. The fourth-order valence-electron chi connectivity index (χ4n) is 2.37. The lowest BCUT2D eigenvalue weighted by Gasteiger charge is -2.13. The molecule has 1 atom stereocenters. The van der Waals surface area contributed by atoms with Crippen LogP contribution in [0.3, 0.4) is 0 Å². The van der Waals surface area contributed by atoms with Crippen molar-refractivity contribution in [2.24, 2.45) is 5.92 Å². The number of benzene rings is 1. The minimum Gasteiger partial charge on any atom is -0.273 e. The van der Waals surface area contributed by atoms with Crippen LogP contribution in [0.2, 0.25) is 0 Å². The Kier molecular flexibility index (Phi) is 5.03. The zero-order valence-electron chi connectivity index (χ0n) is 11.6. The highest BCUT2D eigenvalue weighted by atomic mass is 35.5. The van der Waals surface area contributed by atoms with Gasteiger partial charge < -0.3 is 0 Å². The van der Waals surface area contributed by atoms with Crippen molar-refractivity contribution < 1.29 is 0 Å². The molecule has 1 unspecified atom stereocenters. The first-order valence-corrected chi connectivity index (χ1v) is 7.37. The molecule has 0 fully saturated rings. The maximum absolute atomic E-state index is 6.12. The summed E-state index contributed by atoms with van der Waals surface area (Å²) in [6.45, 7) is 5.15. The van der Waals surface area contributed by atoms with Crippen molar-refractivity contribution in [2.45, 2.75) is 33.2 Å². The summed E-state index contributed by atoms with van der Waals surface area (Å²) in [5.41, 5.74) is 3.96. The van der Waals surface area contributed by atoms with Crippen LogP contribution in [0.5, 0.6) is 0 Å². The first-order valence-electron chi connectivity index (χ1n) is 6.84. The second-order valence-electron chi connectivity index (χ2n) is 5.12. The number of hydrogen-bond donors (Lipinski definition) is 0. The van der Waals surface area contributed by atoms with Gasteiger partial charge in [-0.2, -0.15) is 5.10 Å². The van der Waals surface area contributed by atoms with Gasteiger partial charge >= 0.3 is 0 Å². The molecule has 0 N–H and O–H groups in total. The van der Waals surface area contributed by atoms with Crippen LogP contribution in [-0.2, 0) is 19.4 Å². The van der Waals surface area contributed by atoms with Crippen molar-refractivity contribution in [1.82, 2.24) is 9.78 Å². The Labute approximate surface area is 120 Å². The van der Waals surface area contributed by atoms with E-state index in [1.165, 1.54) is 16.7 Å². The smallest absolute Gasteiger partial charge is 0.0521 e. The Morgan fingerprint density at radius 3 is 2.68 bits per heavy atom. The summed E-state index contributed by atoms with van der Waals surface area (Å²) in [6.07, 6.45) is 6.11. The van der Waals surface area contributed by atoms with Crippen LogP contribution in [0.1, 0.15) is 23.6 Å². The Hall–Kier alpha value is -1.28. The molecule has 0 aliphatic carbocycles. The molecule has 1 heterocycles.